The van der Waals surface area contributed by atoms with Crippen LogP contribution in [-0.4, -0.2) is 33.1 Å². The van der Waals surface area contributed by atoms with Crippen molar-refractivity contribution in [3.05, 3.63) is 40.6 Å². The third kappa shape index (κ3) is 4.42. The summed E-state index contributed by atoms with van der Waals surface area (Å²) in [6.45, 7) is 6.49. The molecule has 1 amide bonds. The van der Waals surface area contributed by atoms with Crippen LogP contribution in [0, 0.1) is 20.8 Å². The number of aryl methyl sites for hydroxylation is 3. The van der Waals surface area contributed by atoms with Gasteiger partial charge in [0.15, 0.2) is 5.16 Å². The predicted molar refractivity (Wildman–Crippen MR) is 98.6 cm³/mol. The molecule has 0 bridgehead atoms. The molecule has 25 heavy (non-hydrogen) atoms. The van der Waals surface area contributed by atoms with Gasteiger partial charge in [-0.1, -0.05) is 11.8 Å². The van der Waals surface area contributed by atoms with Gasteiger partial charge in [-0.15, -0.1) is 0 Å². The molecule has 0 N–H and O–H groups in total. The average Bonchev–Trinajstić information content (AvgIpc) is 3.33. The van der Waals surface area contributed by atoms with E-state index in [0.717, 1.165) is 46.5 Å². The van der Waals surface area contributed by atoms with E-state index in [1.165, 1.54) is 0 Å². The normalized spacial score (nSPS) is 13.9. The molecule has 0 spiro atoms. The Balaban J connectivity index is 1.66. The summed E-state index contributed by atoms with van der Waals surface area (Å²) in [6, 6.07) is 4.28. The van der Waals surface area contributed by atoms with Crippen molar-refractivity contribution in [3.63, 3.8) is 0 Å². The Bertz CT molecular complexity index is 745. The fraction of sp³-hybridized carbons (Fsp3) is 0.526. The molecule has 3 rings (SSSR count). The second kappa shape index (κ2) is 7.60. The fourth-order valence-electron chi connectivity index (χ4n) is 3.08. The predicted octanol–water partition coefficient (Wildman–Crippen LogP) is 3.84. The SMILES string of the molecule is CSc1nc(C)c(CCC(=O)N(Cc2ccc(C)o2)C2CC2)c(C)n1. The van der Waals surface area contributed by atoms with Gasteiger partial charge in [-0.3, -0.25) is 4.79 Å². The average molecular weight is 359 g/mol. The topological polar surface area (TPSA) is 59.2 Å². The number of rotatable bonds is 7. The van der Waals surface area contributed by atoms with Gasteiger partial charge in [0, 0.05) is 23.9 Å². The summed E-state index contributed by atoms with van der Waals surface area (Å²) < 4.78 is 5.65. The number of aromatic nitrogens is 2. The van der Waals surface area contributed by atoms with Gasteiger partial charge >= 0.3 is 0 Å². The number of amides is 1. The lowest BCUT2D eigenvalue weighted by atomic mass is 10.1. The lowest BCUT2D eigenvalue weighted by Gasteiger charge is -2.21. The van der Waals surface area contributed by atoms with Crippen molar-refractivity contribution in [2.24, 2.45) is 0 Å². The molecule has 0 aliphatic heterocycles. The second-order valence-corrected chi connectivity index (χ2v) is 7.40. The van der Waals surface area contributed by atoms with Crippen LogP contribution in [0.5, 0.6) is 0 Å². The molecular weight excluding hydrogens is 334 g/mol. The maximum absolute atomic E-state index is 12.8. The summed E-state index contributed by atoms with van der Waals surface area (Å²) in [6.07, 6.45) is 5.33. The van der Waals surface area contributed by atoms with Crippen molar-refractivity contribution in [1.29, 1.82) is 0 Å². The van der Waals surface area contributed by atoms with Gasteiger partial charge < -0.3 is 9.32 Å². The van der Waals surface area contributed by atoms with E-state index >= 15 is 0 Å². The third-order valence-corrected chi connectivity index (χ3v) is 5.15. The Morgan fingerprint density at radius 1 is 1.24 bits per heavy atom. The van der Waals surface area contributed by atoms with Gasteiger partial charge in [0.05, 0.1) is 6.54 Å². The maximum atomic E-state index is 12.8. The molecule has 1 saturated carbocycles. The minimum Gasteiger partial charge on any atom is -0.464 e. The lowest BCUT2D eigenvalue weighted by Crippen LogP contribution is -2.32. The molecule has 1 aliphatic rings. The van der Waals surface area contributed by atoms with E-state index in [9.17, 15) is 4.79 Å². The minimum atomic E-state index is 0.185. The van der Waals surface area contributed by atoms with Crippen LogP contribution in [0.15, 0.2) is 21.7 Å². The molecule has 6 heteroatoms. The first-order valence-electron chi connectivity index (χ1n) is 8.71. The smallest absolute Gasteiger partial charge is 0.223 e. The van der Waals surface area contributed by atoms with Crippen LogP contribution in [0.1, 0.15) is 47.7 Å². The number of furan rings is 1. The quantitative estimate of drug-likeness (QED) is 0.555. The number of hydrogen-bond acceptors (Lipinski definition) is 5. The molecule has 5 nitrogen and oxygen atoms in total. The van der Waals surface area contributed by atoms with Crippen LogP contribution >= 0.6 is 11.8 Å². The van der Waals surface area contributed by atoms with E-state index in [2.05, 4.69) is 9.97 Å². The summed E-state index contributed by atoms with van der Waals surface area (Å²) in [5.41, 5.74) is 3.05. The van der Waals surface area contributed by atoms with Crippen LogP contribution < -0.4 is 0 Å². The first kappa shape index (κ1) is 18.0. The molecule has 2 heterocycles. The Hall–Kier alpha value is -1.82. The number of thioether (sulfide) groups is 1. The van der Waals surface area contributed by atoms with Crippen molar-refractivity contribution in [1.82, 2.24) is 14.9 Å². The highest BCUT2D eigenvalue weighted by Gasteiger charge is 2.33. The monoisotopic (exact) mass is 359 g/mol. The van der Waals surface area contributed by atoms with Crippen molar-refractivity contribution in [2.75, 3.05) is 6.26 Å². The van der Waals surface area contributed by atoms with Crippen LogP contribution in [0.2, 0.25) is 0 Å². The van der Waals surface area contributed by atoms with Gasteiger partial charge in [0.25, 0.3) is 0 Å². The molecule has 1 fully saturated rings. The third-order valence-electron chi connectivity index (χ3n) is 4.60. The van der Waals surface area contributed by atoms with Gasteiger partial charge in [-0.2, -0.15) is 0 Å². The summed E-state index contributed by atoms with van der Waals surface area (Å²) >= 11 is 1.54. The van der Waals surface area contributed by atoms with Gasteiger partial charge in [-0.25, -0.2) is 9.97 Å². The summed E-state index contributed by atoms with van der Waals surface area (Å²) in [5, 5.41) is 0.790. The first-order valence-corrected chi connectivity index (χ1v) is 9.93. The Morgan fingerprint density at radius 3 is 2.44 bits per heavy atom. The van der Waals surface area contributed by atoms with Gasteiger partial charge in [0.1, 0.15) is 11.5 Å². The van der Waals surface area contributed by atoms with E-state index in [1.807, 2.05) is 44.1 Å². The van der Waals surface area contributed by atoms with E-state index in [1.54, 1.807) is 11.8 Å². The number of carbonyl (C=O) groups excluding carboxylic acids is 1. The molecule has 2 aromatic heterocycles. The molecule has 0 radical (unpaired) electrons. The largest absolute Gasteiger partial charge is 0.464 e. The Morgan fingerprint density at radius 2 is 1.92 bits per heavy atom. The van der Waals surface area contributed by atoms with Crippen molar-refractivity contribution in [3.8, 4) is 0 Å². The van der Waals surface area contributed by atoms with Crippen LogP contribution in [-0.2, 0) is 17.8 Å². The summed E-state index contributed by atoms with van der Waals surface area (Å²) in [5.74, 6) is 1.93. The van der Waals surface area contributed by atoms with E-state index in [4.69, 9.17) is 4.42 Å². The van der Waals surface area contributed by atoms with Crippen molar-refractivity contribution < 1.29 is 9.21 Å². The van der Waals surface area contributed by atoms with Crippen molar-refractivity contribution in [2.45, 2.75) is 64.2 Å². The van der Waals surface area contributed by atoms with Gasteiger partial charge in [0.2, 0.25) is 5.91 Å². The standard InChI is InChI=1S/C19H25N3O2S/c1-12-5-8-16(24-12)11-22(15-6-7-15)18(23)10-9-17-13(2)20-19(25-4)21-14(17)3/h5,8,15H,6-7,9-11H2,1-4H3. The number of hydrogen-bond donors (Lipinski definition) is 0. The van der Waals surface area contributed by atoms with Crippen LogP contribution in [0.4, 0.5) is 0 Å². The zero-order chi connectivity index (χ0) is 18.0. The van der Waals surface area contributed by atoms with E-state index in [-0.39, 0.29) is 5.91 Å². The van der Waals surface area contributed by atoms with E-state index < -0.39 is 0 Å². The van der Waals surface area contributed by atoms with Crippen LogP contribution in [0.25, 0.3) is 0 Å². The highest BCUT2D eigenvalue weighted by Crippen LogP contribution is 2.30. The maximum Gasteiger partial charge on any atom is 0.223 e. The molecule has 0 atom stereocenters. The number of nitrogens with zero attached hydrogens (tertiary/aromatic N) is 3. The zero-order valence-corrected chi connectivity index (χ0v) is 16.2. The highest BCUT2D eigenvalue weighted by atomic mass is 32.2. The molecule has 0 unspecified atom stereocenters. The summed E-state index contributed by atoms with van der Waals surface area (Å²) in [7, 11) is 0. The van der Waals surface area contributed by atoms with Crippen LogP contribution in [0.3, 0.4) is 0 Å². The minimum absolute atomic E-state index is 0.185. The molecule has 0 saturated heterocycles. The highest BCUT2D eigenvalue weighted by molar-refractivity contribution is 7.98. The van der Waals surface area contributed by atoms with Gasteiger partial charge in [-0.05, 0) is 64.0 Å². The molecule has 134 valence electrons. The Labute approximate surface area is 153 Å². The first-order chi connectivity index (χ1) is 12.0. The number of carbonyl (C=O) groups is 1. The summed E-state index contributed by atoms with van der Waals surface area (Å²) in [4.78, 5) is 23.8. The molecule has 0 aromatic carbocycles. The molecule has 2 aromatic rings. The molecule has 1 aliphatic carbocycles. The fourth-order valence-corrected chi connectivity index (χ4v) is 3.54. The lowest BCUT2D eigenvalue weighted by molar-refractivity contribution is -0.132. The molecular formula is C19H25N3O2S. The van der Waals surface area contributed by atoms with E-state index in [0.29, 0.717) is 25.4 Å². The zero-order valence-electron chi connectivity index (χ0n) is 15.3. The second-order valence-electron chi connectivity index (χ2n) is 6.62. The Kier molecular flexibility index (Phi) is 5.47. The van der Waals surface area contributed by atoms with Crippen molar-refractivity contribution >= 4 is 17.7 Å².